The molecule has 0 aliphatic rings. The van der Waals surface area contributed by atoms with Crippen LogP contribution in [0.2, 0.25) is 0 Å². The van der Waals surface area contributed by atoms with Gasteiger partial charge in [0.1, 0.15) is 0 Å². The number of hydrogen-bond donors (Lipinski definition) is 0. The Balaban J connectivity index is 2.40. The van der Waals surface area contributed by atoms with Crippen LogP contribution < -0.4 is 0 Å². The van der Waals surface area contributed by atoms with E-state index in [0.29, 0.717) is 5.56 Å². The predicted molar refractivity (Wildman–Crippen MR) is 85.6 cm³/mol. The molecule has 0 fully saturated rings. The van der Waals surface area contributed by atoms with Crippen molar-refractivity contribution in [2.75, 3.05) is 14.2 Å². The molecule has 0 saturated carbocycles. The molecule has 0 spiro atoms. The second-order valence-electron chi connectivity index (χ2n) is 4.92. The zero-order valence-electron chi connectivity index (χ0n) is 13.1. The Morgan fingerprint density at radius 2 is 1.48 bits per heavy atom. The lowest BCUT2D eigenvalue weighted by Gasteiger charge is -2.29. The average molecular weight is 313 g/mol. The van der Waals surface area contributed by atoms with E-state index >= 15 is 0 Å². The highest BCUT2D eigenvalue weighted by molar-refractivity contribution is 5.82. The third-order valence-electron chi connectivity index (χ3n) is 3.46. The summed E-state index contributed by atoms with van der Waals surface area (Å²) in [6.07, 6.45) is -0.590. The Hall–Kier alpha value is -2.82. The second kappa shape index (κ2) is 7.98. The van der Waals surface area contributed by atoms with Gasteiger partial charge in [0.15, 0.2) is 6.04 Å². The number of carbonyl (C=O) groups is 2. The molecule has 2 rings (SSSR count). The monoisotopic (exact) mass is 313 g/mol. The molecule has 2 aromatic rings. The van der Waals surface area contributed by atoms with Crippen LogP contribution in [0.5, 0.6) is 0 Å². The van der Waals surface area contributed by atoms with Crippen LogP contribution in [0.3, 0.4) is 0 Å². The Morgan fingerprint density at radius 3 is 2.00 bits per heavy atom. The molecular weight excluding hydrogens is 294 g/mol. The van der Waals surface area contributed by atoms with Crippen molar-refractivity contribution in [2.45, 2.75) is 12.6 Å². The maximum atomic E-state index is 12.3. The smallest absolute Gasteiger partial charge is 0.410 e. The first-order valence-corrected chi connectivity index (χ1v) is 7.18. The topological polar surface area (TPSA) is 55.8 Å². The molecule has 1 amide bonds. The lowest BCUT2D eigenvalue weighted by atomic mass is 10.0. The third kappa shape index (κ3) is 4.10. The summed E-state index contributed by atoms with van der Waals surface area (Å²) in [4.78, 5) is 25.9. The minimum atomic E-state index is -0.867. The van der Waals surface area contributed by atoms with E-state index < -0.39 is 18.1 Å². The van der Waals surface area contributed by atoms with Crippen LogP contribution in [0.25, 0.3) is 0 Å². The largest absolute Gasteiger partial charge is 0.467 e. The molecule has 23 heavy (non-hydrogen) atoms. The normalized spacial score (nSPS) is 11.4. The number of methoxy groups -OCH3 is 2. The van der Waals surface area contributed by atoms with Crippen LogP contribution in [-0.2, 0) is 20.8 Å². The van der Waals surface area contributed by atoms with Crippen molar-refractivity contribution in [3.63, 3.8) is 0 Å². The number of ether oxygens (including phenoxy) is 2. The van der Waals surface area contributed by atoms with Gasteiger partial charge in [0.05, 0.1) is 20.8 Å². The molecule has 0 bridgehead atoms. The van der Waals surface area contributed by atoms with E-state index in [1.54, 1.807) is 12.1 Å². The van der Waals surface area contributed by atoms with Gasteiger partial charge in [0, 0.05) is 0 Å². The lowest BCUT2D eigenvalue weighted by Crippen LogP contribution is -2.39. The van der Waals surface area contributed by atoms with E-state index in [4.69, 9.17) is 9.47 Å². The van der Waals surface area contributed by atoms with Crippen LogP contribution in [0.1, 0.15) is 17.2 Å². The number of amides is 1. The molecule has 0 saturated heterocycles. The standard InChI is InChI=1S/C18H19NO4/c1-22-17(20)16(15-11-7-4-8-12-15)19(18(21)23-2)13-14-9-5-3-6-10-14/h3-12,16H,13H2,1-2H3. The second-order valence-corrected chi connectivity index (χ2v) is 4.92. The van der Waals surface area contributed by atoms with Gasteiger partial charge in [-0.1, -0.05) is 60.7 Å². The SMILES string of the molecule is COC(=O)C(c1ccccc1)N(Cc1ccccc1)C(=O)OC. The number of benzene rings is 2. The molecule has 0 radical (unpaired) electrons. The number of hydrogen-bond acceptors (Lipinski definition) is 4. The Bertz CT molecular complexity index is 643. The summed E-state index contributed by atoms with van der Waals surface area (Å²) in [6, 6.07) is 17.6. The van der Waals surface area contributed by atoms with Gasteiger partial charge in [-0.15, -0.1) is 0 Å². The summed E-state index contributed by atoms with van der Waals surface area (Å²) in [6.45, 7) is 0.238. The molecule has 0 aliphatic carbocycles. The number of carbonyl (C=O) groups excluding carboxylic acids is 2. The summed E-state index contributed by atoms with van der Waals surface area (Å²) in [5.74, 6) is -0.516. The summed E-state index contributed by atoms with van der Waals surface area (Å²) < 4.78 is 9.75. The summed E-state index contributed by atoms with van der Waals surface area (Å²) in [7, 11) is 2.59. The summed E-state index contributed by atoms with van der Waals surface area (Å²) in [5, 5.41) is 0. The van der Waals surface area contributed by atoms with Crippen molar-refractivity contribution < 1.29 is 19.1 Å². The number of esters is 1. The number of rotatable bonds is 5. The van der Waals surface area contributed by atoms with E-state index in [-0.39, 0.29) is 6.54 Å². The van der Waals surface area contributed by atoms with Crippen molar-refractivity contribution in [1.29, 1.82) is 0 Å². The van der Waals surface area contributed by atoms with E-state index in [0.717, 1.165) is 5.56 Å². The molecule has 1 atom stereocenters. The van der Waals surface area contributed by atoms with Gasteiger partial charge in [0.2, 0.25) is 0 Å². The molecule has 1 unspecified atom stereocenters. The molecule has 5 nitrogen and oxygen atoms in total. The van der Waals surface area contributed by atoms with Gasteiger partial charge >= 0.3 is 12.1 Å². The Kier molecular flexibility index (Phi) is 5.74. The molecule has 0 aromatic heterocycles. The lowest BCUT2D eigenvalue weighted by molar-refractivity contribution is -0.146. The highest BCUT2D eigenvalue weighted by atomic mass is 16.5. The first kappa shape index (κ1) is 16.5. The van der Waals surface area contributed by atoms with E-state index in [1.165, 1.54) is 19.1 Å². The predicted octanol–water partition coefficient (Wildman–Crippen LogP) is 3.17. The van der Waals surface area contributed by atoms with Gasteiger partial charge in [-0.2, -0.15) is 0 Å². The first-order chi connectivity index (χ1) is 11.2. The fourth-order valence-corrected chi connectivity index (χ4v) is 2.35. The fourth-order valence-electron chi connectivity index (χ4n) is 2.35. The van der Waals surface area contributed by atoms with Gasteiger partial charge in [0.25, 0.3) is 0 Å². The minimum Gasteiger partial charge on any atom is -0.467 e. The molecule has 0 heterocycles. The fraction of sp³-hybridized carbons (Fsp3) is 0.222. The van der Waals surface area contributed by atoms with Crippen LogP contribution in [0, 0.1) is 0 Å². The zero-order chi connectivity index (χ0) is 16.7. The van der Waals surface area contributed by atoms with Gasteiger partial charge in [-0.05, 0) is 11.1 Å². The maximum absolute atomic E-state index is 12.3. The van der Waals surface area contributed by atoms with Gasteiger partial charge in [-0.25, -0.2) is 9.59 Å². The summed E-state index contributed by atoms with van der Waals surface area (Å²) >= 11 is 0. The number of nitrogens with zero attached hydrogens (tertiary/aromatic N) is 1. The Morgan fingerprint density at radius 1 is 0.913 bits per heavy atom. The molecule has 2 aromatic carbocycles. The molecule has 120 valence electrons. The van der Waals surface area contributed by atoms with Crippen molar-refractivity contribution >= 4 is 12.1 Å². The molecule has 0 aliphatic heterocycles. The maximum Gasteiger partial charge on any atom is 0.410 e. The zero-order valence-corrected chi connectivity index (χ0v) is 13.1. The highest BCUT2D eigenvalue weighted by Crippen LogP contribution is 2.25. The molecule has 0 N–H and O–H groups in total. The third-order valence-corrected chi connectivity index (χ3v) is 3.46. The summed E-state index contributed by atoms with van der Waals surface area (Å²) in [5.41, 5.74) is 1.56. The molecular formula is C18H19NO4. The van der Waals surface area contributed by atoms with Crippen LogP contribution in [0.4, 0.5) is 4.79 Å². The Labute approximate surface area is 135 Å². The van der Waals surface area contributed by atoms with Crippen molar-refractivity contribution in [3.05, 3.63) is 71.8 Å². The van der Waals surface area contributed by atoms with Gasteiger partial charge in [-0.3, -0.25) is 4.90 Å². The quantitative estimate of drug-likeness (QED) is 0.796. The van der Waals surface area contributed by atoms with Crippen LogP contribution in [0.15, 0.2) is 60.7 Å². The van der Waals surface area contributed by atoms with E-state index in [1.807, 2.05) is 48.5 Å². The van der Waals surface area contributed by atoms with Gasteiger partial charge < -0.3 is 9.47 Å². The molecule has 5 heteroatoms. The van der Waals surface area contributed by atoms with E-state index in [9.17, 15) is 9.59 Å². The van der Waals surface area contributed by atoms with Crippen molar-refractivity contribution in [3.8, 4) is 0 Å². The van der Waals surface area contributed by atoms with Crippen LogP contribution in [-0.4, -0.2) is 31.2 Å². The van der Waals surface area contributed by atoms with Crippen LogP contribution >= 0.6 is 0 Å². The average Bonchev–Trinajstić information content (AvgIpc) is 2.62. The highest BCUT2D eigenvalue weighted by Gasteiger charge is 2.32. The first-order valence-electron chi connectivity index (χ1n) is 7.18. The minimum absolute atomic E-state index is 0.238. The van der Waals surface area contributed by atoms with Crippen molar-refractivity contribution in [1.82, 2.24) is 4.90 Å². The van der Waals surface area contributed by atoms with Crippen molar-refractivity contribution in [2.24, 2.45) is 0 Å². The van der Waals surface area contributed by atoms with E-state index in [2.05, 4.69) is 0 Å².